The third-order valence-corrected chi connectivity index (χ3v) is 10.2. The van der Waals surface area contributed by atoms with Crippen molar-refractivity contribution in [2.24, 2.45) is 17.3 Å². The van der Waals surface area contributed by atoms with Gasteiger partial charge in [0.2, 0.25) is 6.41 Å². The Morgan fingerprint density at radius 2 is 1.60 bits per heavy atom. The number of halogens is 1. The van der Waals surface area contributed by atoms with Crippen molar-refractivity contribution in [3.8, 4) is 16.9 Å². The van der Waals surface area contributed by atoms with Crippen LogP contribution in [0.2, 0.25) is 0 Å². The van der Waals surface area contributed by atoms with Crippen molar-refractivity contribution in [2.75, 3.05) is 0 Å². The Labute approximate surface area is 271 Å². The summed E-state index contributed by atoms with van der Waals surface area (Å²) in [4.78, 5) is 42.8. The molecule has 2 aromatic rings. The molecule has 6 nitrogen and oxygen atoms in total. The van der Waals surface area contributed by atoms with Crippen LogP contribution in [0.15, 0.2) is 36.4 Å². The van der Waals surface area contributed by atoms with E-state index in [4.69, 9.17) is 9.53 Å². The summed E-state index contributed by atoms with van der Waals surface area (Å²) in [7, 11) is 0. The number of ketones is 1. The van der Waals surface area contributed by atoms with Crippen molar-refractivity contribution in [1.29, 1.82) is 0 Å². The molecule has 0 bridgehead atoms. The van der Waals surface area contributed by atoms with Gasteiger partial charge in [-0.2, -0.15) is 0 Å². The maximum atomic E-state index is 14.8. The van der Waals surface area contributed by atoms with Crippen LogP contribution in [0.1, 0.15) is 136 Å². The molecule has 0 heterocycles. The van der Waals surface area contributed by atoms with Crippen LogP contribution < -0.4 is 10.1 Å². The standard InChI is InChI=1S/C23H24FNO3.C12H20O.C2H6.CH2O.2H2/c24-19-12-4-10-17(21(19)15-6-3-7-15)22-18(23(27)25-14-26)11-5-13-20(22)28-16-8-1-2-9-16;1-9-7-12(5-3-4-6-12)8-11(9)10(2)13;2*1-2;;/h4-5,10-16H,1-3,6-9H2,(H,25,26,27);9,11H,3-8H2,1-2H3;1-2H3;1H2;2*1H/t;9?,11-;;;;/m.1..../s1. The molecule has 6 rings (SSSR count). The third-order valence-electron chi connectivity index (χ3n) is 10.2. The number of hydrogen-bond acceptors (Lipinski definition) is 5. The zero-order chi connectivity index (χ0) is 33.0. The molecule has 250 valence electrons. The van der Waals surface area contributed by atoms with E-state index in [-0.39, 0.29) is 20.7 Å². The Morgan fingerprint density at radius 1 is 0.956 bits per heavy atom. The van der Waals surface area contributed by atoms with Gasteiger partial charge in [0, 0.05) is 14.3 Å². The predicted octanol–water partition coefficient (Wildman–Crippen LogP) is 9.48. The minimum absolute atomic E-state index is 0. The van der Waals surface area contributed by atoms with E-state index in [0.29, 0.717) is 57.4 Å². The van der Waals surface area contributed by atoms with Gasteiger partial charge < -0.3 is 9.53 Å². The fraction of sp³-hybridized carbons (Fsp3) is 0.579. The van der Waals surface area contributed by atoms with E-state index in [9.17, 15) is 18.8 Å². The van der Waals surface area contributed by atoms with Gasteiger partial charge in [0.25, 0.3) is 5.91 Å². The second-order valence-electron chi connectivity index (χ2n) is 12.9. The zero-order valence-electron chi connectivity index (χ0n) is 27.7. The number of carbonyl (C=O) groups is 4. The summed E-state index contributed by atoms with van der Waals surface area (Å²) in [5, 5.41) is 2.22. The first-order chi connectivity index (χ1) is 21.8. The lowest BCUT2D eigenvalue weighted by atomic mass is 9.76. The highest BCUT2D eigenvalue weighted by Gasteiger charge is 2.46. The van der Waals surface area contributed by atoms with Crippen LogP contribution in [0, 0.1) is 23.1 Å². The number of benzene rings is 2. The molecule has 0 aromatic heterocycles. The third kappa shape index (κ3) is 8.68. The fourth-order valence-electron chi connectivity index (χ4n) is 7.93. The van der Waals surface area contributed by atoms with Crippen LogP contribution in [-0.4, -0.2) is 31.0 Å². The number of hydrogen-bond donors (Lipinski definition) is 1. The number of imide groups is 1. The second kappa shape index (κ2) is 17.4. The highest BCUT2D eigenvalue weighted by molar-refractivity contribution is 6.06. The van der Waals surface area contributed by atoms with E-state index in [0.717, 1.165) is 44.9 Å². The van der Waals surface area contributed by atoms with Crippen LogP contribution in [-0.2, 0) is 14.4 Å². The van der Waals surface area contributed by atoms with Gasteiger partial charge in [-0.25, -0.2) is 4.39 Å². The fourth-order valence-corrected chi connectivity index (χ4v) is 7.93. The summed E-state index contributed by atoms with van der Waals surface area (Å²) in [6.07, 6.45) is 15.7. The van der Waals surface area contributed by atoms with Crippen molar-refractivity contribution in [1.82, 2.24) is 5.32 Å². The molecular formula is C38H56FNO5. The highest BCUT2D eigenvalue weighted by Crippen LogP contribution is 2.55. The Hall–Kier alpha value is -3.35. The Morgan fingerprint density at radius 3 is 2.16 bits per heavy atom. The SMILES string of the molecule is C=O.CC.CC(=O)[C@@H]1CC2(CCCC2)CC1C.O=CNC(=O)c1cccc(OC2CCCC2)c1-c1cccc(F)c1C1CCC1.[HH].[HH]. The second-order valence-corrected chi connectivity index (χ2v) is 12.9. The average Bonchev–Trinajstić information content (AvgIpc) is 3.78. The number of carbonyl (C=O) groups excluding carboxylic acids is 4. The predicted molar refractivity (Wildman–Crippen MR) is 181 cm³/mol. The van der Waals surface area contributed by atoms with Crippen LogP contribution in [0.3, 0.4) is 0 Å². The van der Waals surface area contributed by atoms with Crippen LogP contribution in [0.5, 0.6) is 5.75 Å². The minimum Gasteiger partial charge on any atom is -0.490 e. The Balaban J connectivity index is 0.000000491. The van der Waals surface area contributed by atoms with Gasteiger partial charge in [-0.15, -0.1) is 0 Å². The van der Waals surface area contributed by atoms with Crippen LogP contribution >= 0.6 is 0 Å². The molecule has 0 saturated heterocycles. The van der Waals surface area contributed by atoms with Gasteiger partial charge in [0.05, 0.1) is 11.7 Å². The molecule has 7 heteroatoms. The van der Waals surface area contributed by atoms with E-state index in [1.54, 1.807) is 25.1 Å². The molecule has 2 amide bonds. The molecule has 4 aliphatic rings. The minimum atomic E-state index is -0.509. The van der Waals surface area contributed by atoms with Gasteiger partial charge in [-0.05, 0) is 118 Å². The maximum absolute atomic E-state index is 14.8. The lowest BCUT2D eigenvalue weighted by Gasteiger charge is -2.29. The molecule has 2 aromatic carbocycles. The highest BCUT2D eigenvalue weighted by atomic mass is 19.1. The number of ether oxygens (including phenoxy) is 1. The Bertz CT molecular complexity index is 1290. The monoisotopic (exact) mass is 625 g/mol. The van der Waals surface area contributed by atoms with E-state index < -0.39 is 5.91 Å². The normalized spacial score (nSPS) is 21.6. The van der Waals surface area contributed by atoms with Crippen molar-refractivity contribution in [2.45, 2.75) is 123 Å². The van der Waals surface area contributed by atoms with Crippen molar-refractivity contribution >= 4 is 24.9 Å². The lowest BCUT2D eigenvalue weighted by molar-refractivity contribution is -0.121. The molecular weight excluding hydrogens is 569 g/mol. The van der Waals surface area contributed by atoms with Crippen molar-refractivity contribution < 1.29 is 31.2 Å². The zero-order valence-corrected chi connectivity index (χ0v) is 27.7. The number of nitrogens with one attached hydrogen (secondary N) is 1. The van der Waals surface area contributed by atoms with E-state index in [1.165, 1.54) is 44.6 Å². The number of amides is 2. The van der Waals surface area contributed by atoms with E-state index >= 15 is 0 Å². The average molecular weight is 626 g/mol. The molecule has 0 radical (unpaired) electrons. The molecule has 4 aliphatic carbocycles. The molecule has 1 spiro atoms. The molecule has 1 N–H and O–H groups in total. The van der Waals surface area contributed by atoms with E-state index in [1.807, 2.05) is 32.8 Å². The molecule has 4 saturated carbocycles. The summed E-state index contributed by atoms with van der Waals surface area (Å²) < 4.78 is 21.1. The topological polar surface area (TPSA) is 89.5 Å². The van der Waals surface area contributed by atoms with Gasteiger partial charge in [0.1, 0.15) is 24.1 Å². The van der Waals surface area contributed by atoms with Crippen LogP contribution in [0.25, 0.3) is 11.1 Å². The first-order valence-corrected chi connectivity index (χ1v) is 16.9. The summed E-state index contributed by atoms with van der Waals surface area (Å²) in [6, 6.07) is 10.2. The summed E-state index contributed by atoms with van der Waals surface area (Å²) >= 11 is 0. The van der Waals surface area contributed by atoms with Gasteiger partial charge >= 0.3 is 0 Å². The van der Waals surface area contributed by atoms with Crippen LogP contribution in [0.4, 0.5) is 4.39 Å². The van der Waals surface area contributed by atoms with Gasteiger partial charge in [-0.1, -0.05) is 58.2 Å². The van der Waals surface area contributed by atoms with E-state index in [2.05, 4.69) is 12.2 Å². The van der Waals surface area contributed by atoms with Gasteiger partial charge in [0.15, 0.2) is 0 Å². The van der Waals surface area contributed by atoms with Crippen molar-refractivity contribution in [3.63, 3.8) is 0 Å². The lowest BCUT2D eigenvalue weighted by Crippen LogP contribution is -2.23. The maximum Gasteiger partial charge on any atom is 0.258 e. The molecule has 2 atom stereocenters. The molecule has 45 heavy (non-hydrogen) atoms. The Kier molecular flexibility index (Phi) is 13.9. The first-order valence-electron chi connectivity index (χ1n) is 16.9. The first kappa shape index (κ1) is 36.1. The number of rotatable bonds is 7. The van der Waals surface area contributed by atoms with Gasteiger partial charge in [-0.3, -0.25) is 19.7 Å². The summed E-state index contributed by atoms with van der Waals surface area (Å²) in [6.45, 7) is 10.0. The summed E-state index contributed by atoms with van der Waals surface area (Å²) in [5.74, 6) is 1.43. The van der Waals surface area contributed by atoms with Crippen molar-refractivity contribution in [3.05, 3.63) is 53.3 Å². The largest absolute Gasteiger partial charge is 0.490 e. The number of Topliss-reactive ketones (excluding diaryl/α,β-unsaturated/α-hetero) is 1. The molecule has 1 unspecified atom stereocenters. The molecule has 0 aliphatic heterocycles. The summed E-state index contributed by atoms with van der Waals surface area (Å²) in [5.41, 5.74) is 2.84. The quantitative estimate of drug-likeness (QED) is 0.310. The molecule has 4 fully saturated rings. The smallest absolute Gasteiger partial charge is 0.258 e.